The number of nitrogens with zero attached hydrogens (tertiary/aromatic N) is 8. The van der Waals surface area contributed by atoms with Crippen LogP contribution in [0.4, 0.5) is 4.39 Å². The summed E-state index contributed by atoms with van der Waals surface area (Å²) < 4.78 is 20.0. The molecule has 0 aliphatic rings. The maximum absolute atomic E-state index is 13.6. The van der Waals surface area contributed by atoms with Gasteiger partial charge in [-0.1, -0.05) is 206 Å². The van der Waals surface area contributed by atoms with E-state index in [4.69, 9.17) is 29.7 Å². The van der Waals surface area contributed by atoms with E-state index < -0.39 is 16.8 Å². The van der Waals surface area contributed by atoms with Crippen LogP contribution >= 0.6 is 0 Å². The molecular formula is C88H61FN8O2. The minimum absolute atomic E-state index is 0.271. The summed E-state index contributed by atoms with van der Waals surface area (Å²) in [6, 6.07) is 101. The minimum atomic E-state index is -0.704. The van der Waals surface area contributed by atoms with Crippen LogP contribution in [0, 0.1) is 5.95 Å². The van der Waals surface area contributed by atoms with Crippen LogP contribution in [0.5, 0.6) is 17.4 Å². The number of phenolic OH excluding ortho intramolecular Hbond substituents is 1. The predicted octanol–water partition coefficient (Wildman–Crippen LogP) is 21.1. The molecular weight excluding hydrogens is 1220 g/mol. The van der Waals surface area contributed by atoms with Crippen molar-refractivity contribution in [1.29, 1.82) is 0 Å². The highest BCUT2D eigenvalue weighted by atomic mass is 19.1. The van der Waals surface area contributed by atoms with Crippen molar-refractivity contribution in [1.82, 2.24) is 39.9 Å². The van der Waals surface area contributed by atoms with Gasteiger partial charge in [-0.2, -0.15) is 4.39 Å². The lowest BCUT2D eigenvalue weighted by Crippen LogP contribution is -2.29. The molecule has 0 aliphatic heterocycles. The monoisotopic (exact) mass is 1280 g/mol. The molecule has 0 atom stereocenters. The fraction of sp³-hybridized carbons (Fsp3) is 0.0455. The Bertz CT molecular complexity index is 5750. The van der Waals surface area contributed by atoms with Crippen LogP contribution in [0.25, 0.3) is 109 Å². The van der Waals surface area contributed by atoms with Crippen molar-refractivity contribution in [2.75, 3.05) is 0 Å². The van der Waals surface area contributed by atoms with Crippen molar-refractivity contribution < 1.29 is 14.2 Å². The number of ether oxygens (including phenoxy) is 1. The molecule has 0 fully saturated rings. The molecule has 0 unspecified atom stereocenters. The molecule has 0 aliphatic carbocycles. The van der Waals surface area contributed by atoms with Crippen molar-refractivity contribution >= 4 is 86.7 Å². The van der Waals surface area contributed by atoms with Gasteiger partial charge in [0, 0.05) is 85.1 Å². The molecule has 1 N–H and O–H groups in total. The Morgan fingerprint density at radius 1 is 0.283 bits per heavy atom. The normalized spacial score (nSPS) is 11.6. The van der Waals surface area contributed by atoms with E-state index in [9.17, 15) is 9.50 Å². The number of hydrogen-bond donors (Lipinski definition) is 1. The Kier molecular flexibility index (Phi) is 16.0. The highest BCUT2D eigenvalue weighted by molar-refractivity contribution is 6.22. The zero-order valence-corrected chi connectivity index (χ0v) is 54.0. The molecule has 11 heteroatoms. The lowest BCUT2D eigenvalue weighted by Gasteiger charge is -2.28. The highest BCUT2D eigenvalue weighted by Gasteiger charge is 2.37. The number of benzene rings is 10. The number of phenols is 1. The molecule has 472 valence electrons. The summed E-state index contributed by atoms with van der Waals surface area (Å²) in [6.45, 7) is 4.06. The molecule has 18 aromatic rings. The van der Waals surface area contributed by atoms with Gasteiger partial charge in [0.15, 0.2) is 0 Å². The first-order valence-corrected chi connectivity index (χ1v) is 32.8. The lowest BCUT2D eigenvalue weighted by molar-refractivity contribution is 0.455. The number of halogens is 1. The molecule has 0 radical (unpaired) electrons. The zero-order valence-electron chi connectivity index (χ0n) is 54.0. The molecule has 0 saturated carbocycles. The van der Waals surface area contributed by atoms with Crippen molar-refractivity contribution in [3.05, 3.63) is 368 Å². The molecule has 10 aromatic carbocycles. The largest absolute Gasteiger partial charge is 0.508 e. The average Bonchev–Trinajstić information content (AvgIpc) is 0.744. The van der Waals surface area contributed by atoms with Crippen LogP contribution in [0.15, 0.2) is 328 Å². The van der Waals surface area contributed by atoms with Gasteiger partial charge in [-0.25, -0.2) is 19.9 Å². The molecule has 0 saturated heterocycles. The number of rotatable bonds is 10. The molecule has 18 rings (SSSR count). The molecule has 0 spiro atoms. The number of hydrogen-bond acceptors (Lipinski definition) is 10. The van der Waals surface area contributed by atoms with Crippen LogP contribution < -0.4 is 4.74 Å². The zero-order chi connectivity index (χ0) is 66.9. The topological polar surface area (TPSA) is 133 Å². The van der Waals surface area contributed by atoms with Crippen LogP contribution in [0.2, 0.25) is 0 Å². The second-order valence-electron chi connectivity index (χ2n) is 24.7. The molecule has 8 aromatic heterocycles. The number of fused-ring (bicyclic) bond motifs is 12. The van der Waals surface area contributed by atoms with E-state index in [1.165, 1.54) is 27.6 Å². The fourth-order valence-electron chi connectivity index (χ4n) is 13.7. The van der Waals surface area contributed by atoms with Gasteiger partial charge in [0.25, 0.3) is 0 Å². The van der Waals surface area contributed by atoms with Crippen molar-refractivity contribution in [3.8, 4) is 39.6 Å². The summed E-state index contributed by atoms with van der Waals surface area (Å²) in [5, 5.41) is 23.6. The van der Waals surface area contributed by atoms with Crippen LogP contribution in [-0.4, -0.2) is 45.0 Å². The minimum Gasteiger partial charge on any atom is -0.508 e. The van der Waals surface area contributed by atoms with Crippen molar-refractivity contribution in [2.45, 2.75) is 24.7 Å². The second kappa shape index (κ2) is 26.0. The van der Waals surface area contributed by atoms with Gasteiger partial charge in [-0.3, -0.25) is 19.9 Å². The smallest absolute Gasteiger partial charge is 0.219 e. The first kappa shape index (κ1) is 60.9. The highest BCUT2D eigenvalue weighted by Crippen LogP contribution is 2.44. The Labute approximate surface area is 570 Å². The van der Waals surface area contributed by atoms with Crippen LogP contribution in [-0.2, 0) is 10.8 Å². The van der Waals surface area contributed by atoms with Gasteiger partial charge < -0.3 is 9.84 Å². The summed E-state index contributed by atoms with van der Waals surface area (Å²) in [4.78, 5) is 37.8. The summed E-state index contributed by atoms with van der Waals surface area (Å²) in [7, 11) is 0. The Morgan fingerprint density at radius 2 is 0.606 bits per heavy atom. The van der Waals surface area contributed by atoms with Gasteiger partial charge in [0.1, 0.15) is 11.5 Å². The van der Waals surface area contributed by atoms with Gasteiger partial charge in [-0.05, 0) is 138 Å². The van der Waals surface area contributed by atoms with E-state index in [-0.39, 0.29) is 5.75 Å². The third-order valence-corrected chi connectivity index (χ3v) is 18.8. The van der Waals surface area contributed by atoms with E-state index >= 15 is 0 Å². The van der Waals surface area contributed by atoms with Crippen molar-refractivity contribution in [3.63, 3.8) is 0 Å². The lowest BCUT2D eigenvalue weighted by atomic mass is 9.79. The average molecular weight is 1280 g/mol. The van der Waals surface area contributed by atoms with Gasteiger partial charge in [0.2, 0.25) is 11.8 Å². The maximum atomic E-state index is 13.6. The van der Waals surface area contributed by atoms with Crippen LogP contribution in [0.1, 0.15) is 48.0 Å². The molecule has 99 heavy (non-hydrogen) atoms. The number of aromatic hydroxyl groups is 1. The van der Waals surface area contributed by atoms with E-state index in [1.807, 2.05) is 122 Å². The first-order valence-electron chi connectivity index (χ1n) is 32.8. The maximum Gasteiger partial charge on any atom is 0.219 e. The summed E-state index contributed by atoms with van der Waals surface area (Å²) in [5.74, 6) is 0.961. The third kappa shape index (κ3) is 11.4. The van der Waals surface area contributed by atoms with Crippen LogP contribution in [0.3, 0.4) is 0 Å². The summed E-state index contributed by atoms with van der Waals surface area (Å²) >= 11 is 0. The first-order chi connectivity index (χ1) is 48.7. The van der Waals surface area contributed by atoms with E-state index in [0.717, 1.165) is 116 Å². The SMILES string of the molecule is CC(c1ccccn1)(c1ccccn1)c1cccc(F)n1.CC(c1ccccn1)(c1ccccn1)c1cccc(Oc2ccc(-c3c4ccc5ccccc5c4nc4c3ccc3ccccc34)cc2)n1.Oc1ccc(-c2c3ccc4ccccc4c3nc3c2ccc2ccccc23)cc1. The number of aromatic nitrogens is 8. The second-order valence-corrected chi connectivity index (χ2v) is 24.7. The molecule has 0 amide bonds. The standard InChI is InChI=1S/C44H30N4O.C27H17NO.C17H14FN3/c1-44(37-15-6-8-27-45-37,38-16-7-9-28-46-38)39-17-10-18-40(47-39)49-32-23-19-31(20-24-32)41-35-25-21-29-11-2-4-13-33(29)42(35)48-43-34-14-5-3-12-30(34)22-26-36(41)43;29-20-13-9-19(10-14-20)25-23-15-11-17-5-1-3-7-21(17)26(23)28-27-22-8-4-2-6-18(22)12-16-24(25)27;1-17(13-7-2-4-11-19-13,14-8-3-5-12-20-14)15-9-6-10-16(18)21-15/h2-28H,1H3;1-16,29H;2-12H,1H3. The molecule has 0 bridgehead atoms. The molecule has 8 heterocycles. The predicted molar refractivity (Wildman–Crippen MR) is 398 cm³/mol. The fourth-order valence-corrected chi connectivity index (χ4v) is 13.7. The molecule has 10 nitrogen and oxygen atoms in total. The van der Waals surface area contributed by atoms with Gasteiger partial charge in [-0.15, -0.1) is 0 Å². The van der Waals surface area contributed by atoms with Gasteiger partial charge in [0.05, 0.1) is 67.1 Å². The van der Waals surface area contributed by atoms with E-state index in [0.29, 0.717) is 17.3 Å². The summed E-state index contributed by atoms with van der Waals surface area (Å²) in [5.41, 5.74) is 11.8. The third-order valence-electron chi connectivity index (χ3n) is 18.8. The number of pyridine rings is 8. The van der Waals surface area contributed by atoms with Crippen molar-refractivity contribution in [2.24, 2.45) is 0 Å². The van der Waals surface area contributed by atoms with E-state index in [1.54, 1.807) is 49.1 Å². The quantitative estimate of drug-likeness (QED) is 0.0802. The Morgan fingerprint density at radius 3 is 0.960 bits per heavy atom. The van der Waals surface area contributed by atoms with Gasteiger partial charge >= 0.3 is 0 Å². The Hall–Kier alpha value is -13.0. The van der Waals surface area contributed by atoms with E-state index in [2.05, 4.69) is 180 Å². The Balaban J connectivity index is 0.000000129. The summed E-state index contributed by atoms with van der Waals surface area (Å²) in [6.07, 6.45) is 7.04.